The summed E-state index contributed by atoms with van der Waals surface area (Å²) in [4.78, 5) is 11.5. The van der Waals surface area contributed by atoms with E-state index in [-0.39, 0.29) is 11.3 Å². The second-order valence-electron chi connectivity index (χ2n) is 6.45. The van der Waals surface area contributed by atoms with Crippen molar-refractivity contribution in [2.24, 2.45) is 5.92 Å². The molecule has 19 heavy (non-hydrogen) atoms. The highest BCUT2D eigenvalue weighted by molar-refractivity contribution is 5.76. The minimum atomic E-state index is -0.718. The largest absolute Gasteiger partial charge is 0.481 e. The highest BCUT2D eigenvalue weighted by Crippen LogP contribution is 2.30. The van der Waals surface area contributed by atoms with Crippen LogP contribution < -0.4 is 0 Å². The van der Waals surface area contributed by atoms with Crippen molar-refractivity contribution < 1.29 is 9.90 Å². The minimum Gasteiger partial charge on any atom is -0.481 e. The smallest absolute Gasteiger partial charge is 0.311 e. The number of carbonyl (C=O) groups is 1. The van der Waals surface area contributed by atoms with E-state index < -0.39 is 11.9 Å². The van der Waals surface area contributed by atoms with Gasteiger partial charge in [0.25, 0.3) is 0 Å². The van der Waals surface area contributed by atoms with Gasteiger partial charge in [-0.25, -0.2) is 0 Å². The van der Waals surface area contributed by atoms with Gasteiger partial charge in [0.15, 0.2) is 0 Å². The summed E-state index contributed by atoms with van der Waals surface area (Å²) in [6.45, 7) is 10.6. The third-order valence-electron chi connectivity index (χ3n) is 3.71. The lowest BCUT2D eigenvalue weighted by Gasteiger charge is -2.23. The van der Waals surface area contributed by atoms with Gasteiger partial charge in [-0.15, -0.1) is 0 Å². The summed E-state index contributed by atoms with van der Waals surface area (Å²) in [6, 6.07) is 8.07. The summed E-state index contributed by atoms with van der Waals surface area (Å²) in [5.74, 6) is -0.943. The van der Waals surface area contributed by atoms with Gasteiger partial charge < -0.3 is 5.11 Å². The van der Waals surface area contributed by atoms with E-state index in [1.54, 1.807) is 0 Å². The molecule has 0 fully saturated rings. The Hall–Kier alpha value is -1.31. The zero-order chi connectivity index (χ0) is 14.6. The average molecular weight is 262 g/mol. The van der Waals surface area contributed by atoms with Crippen LogP contribution in [-0.4, -0.2) is 11.1 Å². The van der Waals surface area contributed by atoms with Gasteiger partial charge in [-0.1, -0.05) is 65.3 Å². The summed E-state index contributed by atoms with van der Waals surface area (Å²) in [7, 11) is 0. The van der Waals surface area contributed by atoms with Gasteiger partial charge in [-0.3, -0.25) is 4.79 Å². The molecule has 1 N–H and O–H groups in total. The van der Waals surface area contributed by atoms with Crippen molar-refractivity contribution in [3.05, 3.63) is 35.4 Å². The molecule has 0 heterocycles. The highest BCUT2D eigenvalue weighted by Gasteiger charge is 2.26. The maximum absolute atomic E-state index is 11.5. The van der Waals surface area contributed by atoms with Crippen LogP contribution in [0.2, 0.25) is 0 Å². The molecule has 0 aliphatic rings. The van der Waals surface area contributed by atoms with E-state index in [9.17, 15) is 9.90 Å². The molecule has 0 amide bonds. The number of aliphatic carboxylic acids is 1. The molecule has 1 aromatic carbocycles. The molecule has 0 bridgehead atoms. The number of hydrogen-bond acceptors (Lipinski definition) is 1. The van der Waals surface area contributed by atoms with Crippen LogP contribution >= 0.6 is 0 Å². The summed E-state index contributed by atoms with van der Waals surface area (Å²) >= 11 is 0. The first-order chi connectivity index (χ1) is 8.77. The molecule has 1 rings (SSSR count). The Morgan fingerprint density at radius 2 is 1.74 bits per heavy atom. The first-order valence-electron chi connectivity index (χ1n) is 7.10. The molecule has 0 radical (unpaired) electrons. The molecule has 2 unspecified atom stereocenters. The molecule has 0 aliphatic heterocycles. The predicted octanol–water partition coefficient (Wildman–Crippen LogP) is 4.59. The van der Waals surface area contributed by atoms with Crippen LogP contribution in [0.3, 0.4) is 0 Å². The lowest BCUT2D eigenvalue weighted by atomic mass is 9.82. The van der Waals surface area contributed by atoms with E-state index in [0.717, 1.165) is 18.4 Å². The van der Waals surface area contributed by atoms with Crippen LogP contribution in [-0.2, 0) is 10.2 Å². The van der Waals surface area contributed by atoms with E-state index in [2.05, 4.69) is 39.8 Å². The lowest BCUT2D eigenvalue weighted by Crippen LogP contribution is -2.20. The molecule has 1 aromatic rings. The summed E-state index contributed by atoms with van der Waals surface area (Å²) in [5.41, 5.74) is 2.26. The zero-order valence-corrected chi connectivity index (χ0v) is 12.7. The Morgan fingerprint density at radius 1 is 1.21 bits per heavy atom. The molecular formula is C17H26O2. The summed E-state index contributed by atoms with van der Waals surface area (Å²) in [6.07, 6.45) is 1.96. The molecule has 106 valence electrons. The molecule has 0 spiro atoms. The van der Waals surface area contributed by atoms with Crippen molar-refractivity contribution in [2.45, 2.75) is 58.8 Å². The Kier molecular flexibility index (Phi) is 5.16. The predicted molar refractivity (Wildman–Crippen MR) is 79.6 cm³/mol. The molecule has 0 saturated carbocycles. The van der Waals surface area contributed by atoms with Gasteiger partial charge in [0, 0.05) is 0 Å². The Balaban J connectivity index is 3.02. The van der Waals surface area contributed by atoms with Crippen LogP contribution in [0.4, 0.5) is 0 Å². The monoisotopic (exact) mass is 262 g/mol. The number of hydrogen-bond donors (Lipinski definition) is 1. The van der Waals surface area contributed by atoms with Crippen molar-refractivity contribution >= 4 is 5.97 Å². The van der Waals surface area contributed by atoms with Gasteiger partial charge in [0.1, 0.15) is 0 Å². The van der Waals surface area contributed by atoms with E-state index in [0.29, 0.717) is 0 Å². The molecular weight excluding hydrogens is 236 g/mol. The number of carboxylic acid groups (broad SMARTS) is 1. The second kappa shape index (κ2) is 6.23. The maximum Gasteiger partial charge on any atom is 0.311 e. The van der Waals surface area contributed by atoms with Crippen LogP contribution in [0, 0.1) is 5.92 Å². The van der Waals surface area contributed by atoms with Gasteiger partial charge >= 0.3 is 5.97 Å². The van der Waals surface area contributed by atoms with Crippen LogP contribution in [0.1, 0.15) is 64.5 Å². The zero-order valence-electron chi connectivity index (χ0n) is 12.7. The maximum atomic E-state index is 11.5. The third kappa shape index (κ3) is 4.09. The first-order valence-corrected chi connectivity index (χ1v) is 7.10. The highest BCUT2D eigenvalue weighted by atomic mass is 16.4. The third-order valence-corrected chi connectivity index (χ3v) is 3.71. The van der Waals surface area contributed by atoms with Gasteiger partial charge in [0.2, 0.25) is 0 Å². The molecule has 0 aliphatic carbocycles. The van der Waals surface area contributed by atoms with E-state index >= 15 is 0 Å². The lowest BCUT2D eigenvalue weighted by molar-refractivity contribution is -0.140. The normalized spacial score (nSPS) is 15.0. The van der Waals surface area contributed by atoms with E-state index in [1.807, 2.05) is 19.1 Å². The van der Waals surface area contributed by atoms with Crippen molar-refractivity contribution in [1.82, 2.24) is 0 Å². The SMILES string of the molecule is CCCC(C)C(C(=O)O)c1ccc(C(C)(C)C)cc1. The number of benzene rings is 1. The summed E-state index contributed by atoms with van der Waals surface area (Å²) < 4.78 is 0. The molecule has 2 heteroatoms. The van der Waals surface area contributed by atoms with Crippen LogP contribution in [0.15, 0.2) is 24.3 Å². The van der Waals surface area contributed by atoms with Crippen molar-refractivity contribution in [3.63, 3.8) is 0 Å². The van der Waals surface area contributed by atoms with Gasteiger partial charge in [0.05, 0.1) is 5.92 Å². The van der Waals surface area contributed by atoms with Crippen LogP contribution in [0.5, 0.6) is 0 Å². The fraction of sp³-hybridized carbons (Fsp3) is 0.588. The quantitative estimate of drug-likeness (QED) is 0.842. The molecule has 2 atom stereocenters. The average Bonchev–Trinajstić information content (AvgIpc) is 2.28. The van der Waals surface area contributed by atoms with Crippen molar-refractivity contribution in [1.29, 1.82) is 0 Å². The summed E-state index contributed by atoms with van der Waals surface area (Å²) in [5, 5.41) is 9.45. The molecule has 0 saturated heterocycles. The number of carboxylic acids is 1. The minimum absolute atomic E-state index is 0.103. The fourth-order valence-electron chi connectivity index (χ4n) is 2.53. The Labute approximate surface area is 116 Å². The van der Waals surface area contributed by atoms with E-state index in [1.165, 1.54) is 5.56 Å². The molecule has 2 nitrogen and oxygen atoms in total. The Morgan fingerprint density at radius 3 is 2.11 bits per heavy atom. The van der Waals surface area contributed by atoms with Crippen molar-refractivity contribution in [2.75, 3.05) is 0 Å². The standard InChI is InChI=1S/C17H26O2/c1-6-7-12(2)15(16(18)19)13-8-10-14(11-9-13)17(3,4)5/h8-12,15H,6-7H2,1-5H3,(H,18,19). The second-order valence-corrected chi connectivity index (χ2v) is 6.45. The van der Waals surface area contributed by atoms with Gasteiger partial charge in [-0.2, -0.15) is 0 Å². The first kappa shape index (κ1) is 15.7. The van der Waals surface area contributed by atoms with Crippen molar-refractivity contribution in [3.8, 4) is 0 Å². The Bertz CT molecular complexity index is 412. The number of rotatable bonds is 5. The van der Waals surface area contributed by atoms with Crippen LogP contribution in [0.25, 0.3) is 0 Å². The fourth-order valence-corrected chi connectivity index (χ4v) is 2.53. The van der Waals surface area contributed by atoms with Gasteiger partial charge in [-0.05, 0) is 28.9 Å². The molecule has 0 aromatic heterocycles. The van der Waals surface area contributed by atoms with E-state index in [4.69, 9.17) is 0 Å². The topological polar surface area (TPSA) is 37.3 Å².